The fourth-order valence-electron chi connectivity index (χ4n) is 4.07. The third-order valence-electron chi connectivity index (χ3n) is 6.17. The standard InChI is InChI=1S/C20H27FN2O2.C5H10/c1-14-8-6-5-7-10-23(3,11-9-15(2)22)20(14)19-17(21)12-16(25-4)13-18(19)24;1-5-3-2-4-5/h5-6,8-9,12-13,20H,7,10-11,22H2,1-4H3;5H,2-4H2,1H3/p+1/b6-5-,14-8+,15-9+;. The van der Waals surface area contributed by atoms with Crippen LogP contribution in [0.4, 0.5) is 4.39 Å². The smallest absolute Gasteiger partial charge is 0.143 e. The number of hydrogen-bond donors (Lipinski definition) is 2. The second-order valence-corrected chi connectivity index (χ2v) is 8.94. The molecule has 1 saturated carbocycles. The number of likely N-dealkylation sites (N-methyl/N-ethyl adjacent to an activating group) is 1. The summed E-state index contributed by atoms with van der Waals surface area (Å²) in [6.07, 6.45) is 13.4. The Kier molecular flexibility index (Phi) is 8.54. The van der Waals surface area contributed by atoms with Gasteiger partial charge in [0.25, 0.3) is 0 Å². The van der Waals surface area contributed by atoms with E-state index >= 15 is 0 Å². The molecule has 0 spiro atoms. The largest absolute Gasteiger partial charge is 0.507 e. The summed E-state index contributed by atoms with van der Waals surface area (Å²) in [6, 6.07) is 2.48. The number of allylic oxidation sites excluding steroid dienone is 3. The molecule has 1 aromatic carbocycles. The van der Waals surface area contributed by atoms with Gasteiger partial charge in [-0.2, -0.15) is 0 Å². The molecule has 0 radical (unpaired) electrons. The number of aromatic hydroxyl groups is 1. The minimum atomic E-state index is -0.461. The van der Waals surface area contributed by atoms with E-state index in [0.717, 1.165) is 30.2 Å². The van der Waals surface area contributed by atoms with Crippen LogP contribution in [0.1, 0.15) is 58.1 Å². The van der Waals surface area contributed by atoms with Crippen molar-refractivity contribution in [3.8, 4) is 11.5 Å². The lowest BCUT2D eigenvalue weighted by atomic mass is 9.88. The first kappa shape index (κ1) is 24.0. The van der Waals surface area contributed by atoms with Crippen LogP contribution >= 0.6 is 0 Å². The highest BCUT2D eigenvalue weighted by atomic mass is 19.1. The van der Waals surface area contributed by atoms with Crippen molar-refractivity contribution < 1.29 is 18.7 Å². The average Bonchev–Trinajstić information content (AvgIpc) is 2.66. The van der Waals surface area contributed by atoms with Crippen molar-refractivity contribution in [2.75, 3.05) is 27.2 Å². The molecule has 30 heavy (non-hydrogen) atoms. The molecule has 5 heteroatoms. The maximum Gasteiger partial charge on any atom is 0.143 e. The maximum atomic E-state index is 14.9. The minimum absolute atomic E-state index is 0.0862. The molecule has 1 heterocycles. The zero-order chi connectivity index (χ0) is 22.3. The van der Waals surface area contributed by atoms with Gasteiger partial charge in [0.2, 0.25) is 0 Å². The molecule has 4 nitrogen and oxygen atoms in total. The zero-order valence-electron chi connectivity index (χ0n) is 19.1. The van der Waals surface area contributed by atoms with Gasteiger partial charge in [-0.25, -0.2) is 4.39 Å². The molecule has 2 atom stereocenters. The zero-order valence-corrected chi connectivity index (χ0v) is 19.1. The molecular formula is C25H38FN2O2+. The highest BCUT2D eigenvalue weighted by Crippen LogP contribution is 2.42. The Hall–Kier alpha value is -2.27. The van der Waals surface area contributed by atoms with Gasteiger partial charge < -0.3 is 20.1 Å². The highest BCUT2D eigenvalue weighted by molar-refractivity contribution is 5.45. The van der Waals surface area contributed by atoms with Gasteiger partial charge in [-0.3, -0.25) is 0 Å². The summed E-state index contributed by atoms with van der Waals surface area (Å²) in [4.78, 5) is 0. The molecule has 1 aromatic rings. The lowest BCUT2D eigenvalue weighted by Gasteiger charge is -2.42. The number of methoxy groups -OCH3 is 1. The van der Waals surface area contributed by atoms with Gasteiger partial charge in [0.15, 0.2) is 0 Å². The van der Waals surface area contributed by atoms with Crippen LogP contribution < -0.4 is 10.5 Å². The number of quaternary nitrogens is 1. The van der Waals surface area contributed by atoms with Crippen molar-refractivity contribution in [3.63, 3.8) is 0 Å². The Bertz CT molecular complexity index is 784. The van der Waals surface area contributed by atoms with E-state index in [1.807, 2.05) is 32.1 Å². The SMILES string of the molecule is CC1CCC1.COc1cc(O)c(C2/C(C)=C/C=C\CC[N+]2(C)C/C=C(\C)N)c(F)c1. The number of rotatable bonds is 4. The summed E-state index contributed by atoms with van der Waals surface area (Å²) >= 11 is 0. The fraction of sp³-hybridized carbons (Fsp3) is 0.520. The first-order chi connectivity index (χ1) is 14.2. The van der Waals surface area contributed by atoms with E-state index < -0.39 is 5.82 Å². The Morgan fingerprint density at radius 2 is 2.03 bits per heavy atom. The van der Waals surface area contributed by atoms with Crippen LogP contribution in [0.5, 0.6) is 11.5 Å². The summed E-state index contributed by atoms with van der Waals surface area (Å²) < 4.78 is 20.5. The van der Waals surface area contributed by atoms with Gasteiger partial charge in [0.1, 0.15) is 23.4 Å². The monoisotopic (exact) mass is 417 g/mol. The van der Waals surface area contributed by atoms with Crippen LogP contribution in [0.2, 0.25) is 0 Å². The van der Waals surface area contributed by atoms with Crippen molar-refractivity contribution in [2.24, 2.45) is 11.7 Å². The predicted octanol–water partition coefficient (Wildman–Crippen LogP) is 5.60. The van der Waals surface area contributed by atoms with Crippen molar-refractivity contribution >= 4 is 0 Å². The molecule has 0 bridgehead atoms. The molecule has 1 aliphatic heterocycles. The third kappa shape index (κ3) is 6.11. The number of ether oxygens (including phenoxy) is 1. The molecule has 2 aliphatic rings. The van der Waals surface area contributed by atoms with E-state index in [2.05, 4.69) is 20.0 Å². The Labute approximate surface area is 181 Å². The summed E-state index contributed by atoms with van der Waals surface area (Å²) in [5, 5.41) is 10.5. The predicted molar refractivity (Wildman–Crippen MR) is 122 cm³/mol. The first-order valence-electron chi connectivity index (χ1n) is 10.8. The number of benzene rings is 1. The molecular weight excluding hydrogens is 379 g/mol. The number of halogens is 1. The van der Waals surface area contributed by atoms with Gasteiger partial charge in [-0.1, -0.05) is 44.4 Å². The van der Waals surface area contributed by atoms with Gasteiger partial charge in [-0.15, -0.1) is 0 Å². The van der Waals surface area contributed by atoms with Crippen LogP contribution in [0, 0.1) is 11.7 Å². The molecule has 3 N–H and O–H groups in total. The van der Waals surface area contributed by atoms with Gasteiger partial charge >= 0.3 is 0 Å². The van der Waals surface area contributed by atoms with E-state index in [4.69, 9.17) is 10.5 Å². The van der Waals surface area contributed by atoms with Crippen LogP contribution in [-0.4, -0.2) is 36.8 Å². The highest BCUT2D eigenvalue weighted by Gasteiger charge is 2.38. The molecule has 0 aromatic heterocycles. The van der Waals surface area contributed by atoms with E-state index in [1.165, 1.54) is 38.5 Å². The molecule has 2 unspecified atom stereocenters. The fourth-order valence-corrected chi connectivity index (χ4v) is 4.07. The normalized spacial score (nSPS) is 27.5. The summed E-state index contributed by atoms with van der Waals surface area (Å²) in [7, 11) is 3.53. The number of phenols is 1. The topological polar surface area (TPSA) is 55.5 Å². The number of phenolic OH excluding ortho intramolecular Hbond substituents is 1. The second-order valence-electron chi connectivity index (χ2n) is 8.94. The van der Waals surface area contributed by atoms with E-state index in [-0.39, 0.29) is 11.8 Å². The second kappa shape index (κ2) is 10.7. The summed E-state index contributed by atoms with van der Waals surface area (Å²) in [5.41, 5.74) is 7.86. The molecule has 0 amide bonds. The van der Waals surface area contributed by atoms with Crippen molar-refractivity contribution in [3.05, 3.63) is 59.1 Å². The van der Waals surface area contributed by atoms with Crippen molar-refractivity contribution in [1.29, 1.82) is 0 Å². The quantitative estimate of drug-likeness (QED) is 0.627. The third-order valence-corrected chi connectivity index (χ3v) is 6.17. The molecule has 0 saturated heterocycles. The lowest BCUT2D eigenvalue weighted by molar-refractivity contribution is -0.928. The Balaban J connectivity index is 0.000000558. The summed E-state index contributed by atoms with van der Waals surface area (Å²) in [5.74, 6) is 0.821. The van der Waals surface area contributed by atoms with Gasteiger partial charge in [-0.05, 0) is 31.4 Å². The molecule has 166 valence electrons. The number of nitrogens with zero attached hydrogens (tertiary/aromatic N) is 1. The van der Waals surface area contributed by atoms with Crippen LogP contribution in [-0.2, 0) is 0 Å². The van der Waals surface area contributed by atoms with Crippen LogP contribution in [0.15, 0.2) is 47.7 Å². The van der Waals surface area contributed by atoms with Crippen molar-refractivity contribution in [2.45, 2.75) is 52.5 Å². The maximum absolute atomic E-state index is 14.9. The number of hydrogen-bond acceptors (Lipinski definition) is 3. The van der Waals surface area contributed by atoms with Crippen LogP contribution in [0.3, 0.4) is 0 Å². The molecule has 1 fully saturated rings. The average molecular weight is 418 g/mol. The lowest BCUT2D eigenvalue weighted by Crippen LogP contribution is -2.49. The Morgan fingerprint density at radius 3 is 2.53 bits per heavy atom. The molecule has 1 aliphatic carbocycles. The first-order valence-corrected chi connectivity index (χ1v) is 10.8. The number of nitrogens with two attached hydrogens (primary N) is 1. The Morgan fingerprint density at radius 1 is 1.37 bits per heavy atom. The molecule has 3 rings (SSSR count). The minimum Gasteiger partial charge on any atom is -0.507 e. The van der Waals surface area contributed by atoms with Crippen molar-refractivity contribution in [1.82, 2.24) is 0 Å². The summed E-state index contributed by atoms with van der Waals surface area (Å²) in [6.45, 7) is 7.58. The van der Waals surface area contributed by atoms with E-state index in [9.17, 15) is 9.50 Å². The van der Waals surface area contributed by atoms with Gasteiger partial charge in [0.05, 0.1) is 32.8 Å². The van der Waals surface area contributed by atoms with E-state index in [0.29, 0.717) is 22.3 Å². The van der Waals surface area contributed by atoms with Crippen LogP contribution in [0.25, 0.3) is 0 Å². The van der Waals surface area contributed by atoms with E-state index in [1.54, 1.807) is 0 Å². The van der Waals surface area contributed by atoms with Gasteiger partial charge in [0, 0.05) is 24.3 Å².